The van der Waals surface area contributed by atoms with Crippen LogP contribution in [0.2, 0.25) is 0 Å². The normalized spacial score (nSPS) is 17.9. The third kappa shape index (κ3) is 3.24. The van der Waals surface area contributed by atoms with Crippen LogP contribution in [-0.4, -0.2) is 25.2 Å². The summed E-state index contributed by atoms with van der Waals surface area (Å²) < 4.78 is 0. The van der Waals surface area contributed by atoms with Crippen molar-refractivity contribution in [3.05, 3.63) is 29.8 Å². The zero-order valence-electron chi connectivity index (χ0n) is 11.4. The molecule has 0 radical (unpaired) electrons. The quantitative estimate of drug-likeness (QED) is 0.863. The number of nitriles is 1. The van der Waals surface area contributed by atoms with Crippen molar-refractivity contribution in [1.82, 2.24) is 5.32 Å². The fourth-order valence-corrected chi connectivity index (χ4v) is 2.16. The van der Waals surface area contributed by atoms with Crippen molar-refractivity contribution in [3.8, 4) is 6.07 Å². The largest absolute Gasteiger partial charge is 0.372 e. The Kier molecular flexibility index (Phi) is 3.58. The van der Waals surface area contributed by atoms with E-state index < -0.39 is 5.54 Å². The zero-order valence-corrected chi connectivity index (χ0v) is 11.4. The average molecular weight is 243 g/mol. The molecule has 1 atom stereocenters. The lowest BCUT2D eigenvalue weighted by Crippen LogP contribution is -2.50. The molecule has 1 aliphatic carbocycles. The molecule has 1 fully saturated rings. The van der Waals surface area contributed by atoms with Crippen LogP contribution in [0.15, 0.2) is 24.3 Å². The first-order chi connectivity index (χ1) is 8.52. The summed E-state index contributed by atoms with van der Waals surface area (Å²) in [6.07, 6.45) is 2.40. The first-order valence-electron chi connectivity index (χ1n) is 6.49. The standard InChI is InChI=1S/C15H21N3/c1-12-4-8-14(9-5-12)18(3)11-15(2,10-16)17-13-6-7-13/h4-5,8-9,13,17H,6-7,11H2,1-3H3. The number of nitrogens with zero attached hydrogens (tertiary/aromatic N) is 2. The Labute approximate surface area is 109 Å². The summed E-state index contributed by atoms with van der Waals surface area (Å²) in [7, 11) is 2.04. The minimum absolute atomic E-state index is 0.471. The average Bonchev–Trinajstić information content (AvgIpc) is 3.13. The molecule has 0 aliphatic heterocycles. The van der Waals surface area contributed by atoms with Crippen LogP contribution < -0.4 is 10.2 Å². The van der Waals surface area contributed by atoms with Crippen LogP contribution in [0.25, 0.3) is 0 Å². The van der Waals surface area contributed by atoms with Gasteiger partial charge in [-0.25, -0.2) is 0 Å². The predicted octanol–water partition coefficient (Wildman–Crippen LogP) is 2.47. The fourth-order valence-electron chi connectivity index (χ4n) is 2.16. The molecule has 0 spiro atoms. The molecule has 1 unspecified atom stereocenters. The summed E-state index contributed by atoms with van der Waals surface area (Å²) in [6, 6.07) is 11.4. The van der Waals surface area contributed by atoms with Crippen molar-refractivity contribution in [1.29, 1.82) is 5.26 Å². The third-order valence-corrected chi connectivity index (χ3v) is 3.37. The molecule has 1 N–H and O–H groups in total. The third-order valence-electron chi connectivity index (χ3n) is 3.37. The van der Waals surface area contributed by atoms with Gasteiger partial charge in [-0.05, 0) is 38.8 Å². The fraction of sp³-hybridized carbons (Fsp3) is 0.533. The lowest BCUT2D eigenvalue weighted by Gasteiger charge is -2.30. The van der Waals surface area contributed by atoms with Gasteiger partial charge in [-0.1, -0.05) is 17.7 Å². The summed E-state index contributed by atoms with van der Waals surface area (Å²) in [5, 5.41) is 12.8. The van der Waals surface area contributed by atoms with E-state index in [1.165, 1.54) is 18.4 Å². The Bertz CT molecular complexity index is 442. The van der Waals surface area contributed by atoms with E-state index in [9.17, 15) is 5.26 Å². The van der Waals surface area contributed by atoms with E-state index >= 15 is 0 Å². The van der Waals surface area contributed by atoms with Crippen molar-refractivity contribution in [2.45, 2.75) is 38.3 Å². The Balaban J connectivity index is 2.02. The van der Waals surface area contributed by atoms with Gasteiger partial charge in [-0.3, -0.25) is 5.32 Å². The van der Waals surface area contributed by atoms with Gasteiger partial charge in [0, 0.05) is 25.3 Å². The van der Waals surface area contributed by atoms with Gasteiger partial charge >= 0.3 is 0 Å². The number of anilines is 1. The van der Waals surface area contributed by atoms with E-state index in [1.807, 2.05) is 14.0 Å². The molecule has 0 heterocycles. The molecule has 0 aromatic heterocycles. The molecule has 3 nitrogen and oxygen atoms in total. The van der Waals surface area contributed by atoms with Crippen molar-refractivity contribution >= 4 is 5.69 Å². The highest BCUT2D eigenvalue weighted by Gasteiger charge is 2.33. The van der Waals surface area contributed by atoms with E-state index in [1.54, 1.807) is 0 Å². The number of aryl methyl sites for hydroxylation is 1. The highest BCUT2D eigenvalue weighted by Crippen LogP contribution is 2.23. The van der Waals surface area contributed by atoms with Crippen LogP contribution in [-0.2, 0) is 0 Å². The summed E-state index contributed by atoms with van der Waals surface area (Å²) in [5.41, 5.74) is 1.94. The highest BCUT2D eigenvalue weighted by molar-refractivity contribution is 5.47. The molecule has 1 aliphatic rings. The van der Waals surface area contributed by atoms with Gasteiger partial charge in [0.2, 0.25) is 0 Å². The first kappa shape index (κ1) is 12.9. The smallest absolute Gasteiger partial charge is 0.121 e. The maximum absolute atomic E-state index is 9.36. The highest BCUT2D eigenvalue weighted by atomic mass is 15.2. The number of rotatable bonds is 5. The van der Waals surface area contributed by atoms with Gasteiger partial charge < -0.3 is 4.90 Å². The molecule has 1 saturated carbocycles. The Morgan fingerprint density at radius 2 is 2.00 bits per heavy atom. The molecule has 1 aromatic carbocycles. The number of hydrogen-bond acceptors (Lipinski definition) is 3. The van der Waals surface area contributed by atoms with Crippen molar-refractivity contribution in [2.24, 2.45) is 0 Å². The maximum Gasteiger partial charge on any atom is 0.121 e. The van der Waals surface area contributed by atoms with E-state index in [-0.39, 0.29) is 0 Å². The van der Waals surface area contributed by atoms with E-state index in [0.717, 1.165) is 5.69 Å². The Morgan fingerprint density at radius 3 is 2.50 bits per heavy atom. The molecular weight excluding hydrogens is 222 g/mol. The van der Waals surface area contributed by atoms with Crippen LogP contribution in [0.4, 0.5) is 5.69 Å². The molecule has 1 aromatic rings. The Hall–Kier alpha value is -1.53. The van der Waals surface area contributed by atoms with Crippen LogP contribution in [0.5, 0.6) is 0 Å². The molecule has 2 rings (SSSR count). The van der Waals surface area contributed by atoms with Crippen LogP contribution in [0.3, 0.4) is 0 Å². The zero-order chi connectivity index (χ0) is 13.2. The van der Waals surface area contributed by atoms with Gasteiger partial charge in [0.15, 0.2) is 0 Å². The van der Waals surface area contributed by atoms with Crippen LogP contribution in [0.1, 0.15) is 25.3 Å². The maximum atomic E-state index is 9.36. The monoisotopic (exact) mass is 243 g/mol. The van der Waals surface area contributed by atoms with Gasteiger partial charge in [0.05, 0.1) is 6.07 Å². The number of likely N-dealkylation sites (N-methyl/N-ethyl adjacent to an activating group) is 1. The first-order valence-corrected chi connectivity index (χ1v) is 6.49. The topological polar surface area (TPSA) is 39.1 Å². The van der Waals surface area contributed by atoms with Gasteiger partial charge in [-0.2, -0.15) is 5.26 Å². The number of nitrogens with one attached hydrogen (secondary N) is 1. The Morgan fingerprint density at radius 1 is 1.39 bits per heavy atom. The molecular formula is C15H21N3. The van der Waals surface area contributed by atoms with Crippen molar-refractivity contribution in [3.63, 3.8) is 0 Å². The predicted molar refractivity (Wildman–Crippen MR) is 74.6 cm³/mol. The summed E-state index contributed by atoms with van der Waals surface area (Å²) in [5.74, 6) is 0. The summed E-state index contributed by atoms with van der Waals surface area (Å²) >= 11 is 0. The number of hydrogen-bond donors (Lipinski definition) is 1. The number of benzene rings is 1. The van der Waals surface area contributed by atoms with E-state index in [0.29, 0.717) is 12.6 Å². The second-order valence-corrected chi connectivity index (χ2v) is 5.55. The molecule has 0 saturated heterocycles. The lowest BCUT2D eigenvalue weighted by molar-refractivity contribution is 0.446. The summed E-state index contributed by atoms with van der Waals surface area (Å²) in [4.78, 5) is 2.14. The lowest BCUT2D eigenvalue weighted by atomic mass is 10.0. The SMILES string of the molecule is Cc1ccc(N(C)CC(C)(C#N)NC2CC2)cc1. The van der Waals surface area contributed by atoms with Crippen molar-refractivity contribution < 1.29 is 0 Å². The molecule has 96 valence electrons. The molecule has 0 bridgehead atoms. The van der Waals surface area contributed by atoms with Crippen LogP contribution in [0, 0.1) is 18.3 Å². The van der Waals surface area contributed by atoms with Gasteiger partial charge in [0.25, 0.3) is 0 Å². The molecule has 3 heteroatoms. The van der Waals surface area contributed by atoms with E-state index in [2.05, 4.69) is 47.5 Å². The minimum atomic E-state index is -0.471. The summed E-state index contributed by atoms with van der Waals surface area (Å²) in [6.45, 7) is 4.76. The minimum Gasteiger partial charge on any atom is -0.372 e. The second kappa shape index (κ2) is 4.99. The van der Waals surface area contributed by atoms with Crippen LogP contribution >= 0.6 is 0 Å². The molecule has 18 heavy (non-hydrogen) atoms. The second-order valence-electron chi connectivity index (χ2n) is 5.55. The van der Waals surface area contributed by atoms with E-state index in [4.69, 9.17) is 0 Å². The van der Waals surface area contributed by atoms with Gasteiger partial charge in [0.1, 0.15) is 5.54 Å². The van der Waals surface area contributed by atoms with Crippen molar-refractivity contribution in [2.75, 3.05) is 18.5 Å². The van der Waals surface area contributed by atoms with Gasteiger partial charge in [-0.15, -0.1) is 0 Å². The molecule has 0 amide bonds.